The molecule has 1 amide bonds. The molecule has 1 aromatic carbocycles. The van der Waals surface area contributed by atoms with Crippen molar-refractivity contribution in [3.05, 3.63) is 29.3 Å². The van der Waals surface area contributed by atoms with Crippen molar-refractivity contribution in [2.45, 2.75) is 13.3 Å². The van der Waals surface area contributed by atoms with Gasteiger partial charge in [-0.25, -0.2) is 0 Å². The van der Waals surface area contributed by atoms with Crippen LogP contribution in [0.2, 0.25) is 0 Å². The maximum atomic E-state index is 11.4. The van der Waals surface area contributed by atoms with Crippen molar-refractivity contribution >= 4 is 5.91 Å². The van der Waals surface area contributed by atoms with E-state index in [1.807, 2.05) is 25.1 Å². The molecule has 2 N–H and O–H groups in total. The fourth-order valence-electron chi connectivity index (χ4n) is 1.42. The quantitative estimate of drug-likeness (QED) is 0.770. The lowest BCUT2D eigenvalue weighted by Crippen LogP contribution is -2.27. The Morgan fingerprint density at radius 3 is 2.88 bits per heavy atom. The molecule has 0 bridgehead atoms. The third-order valence-corrected chi connectivity index (χ3v) is 2.27. The number of carbonyl (C=O) groups excluding carboxylic acids is 1. The van der Waals surface area contributed by atoms with Gasteiger partial charge in [-0.3, -0.25) is 4.79 Å². The lowest BCUT2D eigenvalue weighted by Gasteiger charge is -2.07. The summed E-state index contributed by atoms with van der Waals surface area (Å²) in [6.45, 7) is 2.21. The summed E-state index contributed by atoms with van der Waals surface area (Å²) < 4.78 is 5.18. The molecule has 1 aromatic rings. The molecule has 1 rings (SSSR count). The van der Waals surface area contributed by atoms with Gasteiger partial charge >= 0.3 is 0 Å². The largest absolute Gasteiger partial charge is 0.496 e. The van der Waals surface area contributed by atoms with Crippen LogP contribution >= 0.6 is 0 Å². The van der Waals surface area contributed by atoms with Crippen molar-refractivity contribution in [1.82, 2.24) is 5.32 Å². The summed E-state index contributed by atoms with van der Waals surface area (Å²) in [6.07, 6.45) is 0.302. The third kappa shape index (κ3) is 3.55. The van der Waals surface area contributed by atoms with Gasteiger partial charge in [-0.2, -0.15) is 0 Å². The number of methoxy groups -OCH3 is 1. The van der Waals surface area contributed by atoms with E-state index in [4.69, 9.17) is 9.84 Å². The Kier molecular flexibility index (Phi) is 4.79. The highest BCUT2D eigenvalue weighted by molar-refractivity contribution is 5.78. The second kappa shape index (κ2) is 6.12. The minimum atomic E-state index is -0.0973. The lowest BCUT2D eigenvalue weighted by molar-refractivity contribution is -0.120. The summed E-state index contributed by atoms with van der Waals surface area (Å²) in [5.41, 5.74) is 1.94. The van der Waals surface area contributed by atoms with Crippen LogP contribution in [0.15, 0.2) is 18.2 Å². The average molecular weight is 223 g/mol. The van der Waals surface area contributed by atoms with Gasteiger partial charge < -0.3 is 15.2 Å². The van der Waals surface area contributed by atoms with Crippen LogP contribution < -0.4 is 10.1 Å². The second-order valence-corrected chi connectivity index (χ2v) is 3.55. The molecule has 0 atom stereocenters. The fraction of sp³-hybridized carbons (Fsp3) is 0.417. The molecular weight excluding hydrogens is 206 g/mol. The van der Waals surface area contributed by atoms with Crippen molar-refractivity contribution in [2.24, 2.45) is 0 Å². The molecule has 0 aromatic heterocycles. The summed E-state index contributed by atoms with van der Waals surface area (Å²) in [7, 11) is 1.61. The number of ether oxygens (including phenoxy) is 1. The van der Waals surface area contributed by atoms with E-state index in [1.54, 1.807) is 7.11 Å². The summed E-state index contributed by atoms with van der Waals surface area (Å²) in [5.74, 6) is 0.687. The van der Waals surface area contributed by atoms with Gasteiger partial charge in [-0.1, -0.05) is 12.1 Å². The van der Waals surface area contributed by atoms with E-state index in [0.717, 1.165) is 16.9 Å². The molecule has 0 aliphatic rings. The highest BCUT2D eigenvalue weighted by atomic mass is 16.5. The first-order valence-corrected chi connectivity index (χ1v) is 5.18. The Labute approximate surface area is 95.2 Å². The molecule has 16 heavy (non-hydrogen) atoms. The summed E-state index contributed by atoms with van der Waals surface area (Å²) in [6, 6.07) is 5.68. The maximum absolute atomic E-state index is 11.4. The zero-order valence-corrected chi connectivity index (χ0v) is 9.62. The van der Waals surface area contributed by atoms with Gasteiger partial charge in [-0.05, 0) is 24.1 Å². The average Bonchev–Trinajstić information content (AvgIpc) is 2.29. The van der Waals surface area contributed by atoms with E-state index in [0.29, 0.717) is 13.0 Å². The predicted molar refractivity (Wildman–Crippen MR) is 61.5 cm³/mol. The van der Waals surface area contributed by atoms with Crippen LogP contribution in [0.25, 0.3) is 0 Å². The molecule has 4 nitrogen and oxygen atoms in total. The number of nitrogens with one attached hydrogen (secondary N) is 1. The van der Waals surface area contributed by atoms with E-state index >= 15 is 0 Å². The van der Waals surface area contributed by atoms with Crippen LogP contribution in [-0.4, -0.2) is 31.3 Å². The van der Waals surface area contributed by atoms with Gasteiger partial charge in [0.2, 0.25) is 5.91 Å². The van der Waals surface area contributed by atoms with Crippen LogP contribution in [0.4, 0.5) is 0 Å². The molecule has 0 saturated heterocycles. The molecule has 4 heteroatoms. The van der Waals surface area contributed by atoms with Crippen LogP contribution in [0.3, 0.4) is 0 Å². The lowest BCUT2D eigenvalue weighted by atomic mass is 10.1. The van der Waals surface area contributed by atoms with Gasteiger partial charge in [0, 0.05) is 6.54 Å². The monoisotopic (exact) mass is 223 g/mol. The number of benzene rings is 1. The number of hydrogen-bond acceptors (Lipinski definition) is 3. The van der Waals surface area contributed by atoms with Gasteiger partial charge in [0.15, 0.2) is 0 Å². The Bertz CT molecular complexity index is 363. The minimum Gasteiger partial charge on any atom is -0.496 e. The van der Waals surface area contributed by atoms with E-state index in [-0.39, 0.29) is 12.5 Å². The highest BCUT2D eigenvalue weighted by Crippen LogP contribution is 2.19. The molecule has 0 aliphatic heterocycles. The number of rotatable bonds is 5. The van der Waals surface area contributed by atoms with Crippen molar-refractivity contribution in [1.29, 1.82) is 0 Å². The molecule has 0 heterocycles. The molecule has 0 fully saturated rings. The van der Waals surface area contributed by atoms with Crippen molar-refractivity contribution in [2.75, 3.05) is 20.3 Å². The number of hydrogen-bond donors (Lipinski definition) is 2. The maximum Gasteiger partial charge on any atom is 0.224 e. The molecule has 0 saturated carbocycles. The van der Waals surface area contributed by atoms with Crippen molar-refractivity contribution < 1.29 is 14.6 Å². The topological polar surface area (TPSA) is 58.6 Å². The van der Waals surface area contributed by atoms with Crippen LogP contribution in [-0.2, 0) is 11.2 Å². The Hall–Kier alpha value is -1.55. The summed E-state index contributed by atoms with van der Waals surface area (Å²) in [4.78, 5) is 11.4. The normalized spacial score (nSPS) is 9.94. The van der Waals surface area contributed by atoms with Gasteiger partial charge in [0.05, 0.1) is 20.1 Å². The summed E-state index contributed by atoms with van der Waals surface area (Å²) in [5, 5.41) is 11.2. The van der Waals surface area contributed by atoms with Crippen LogP contribution in [0.5, 0.6) is 5.75 Å². The molecule has 0 unspecified atom stereocenters. The second-order valence-electron chi connectivity index (χ2n) is 3.55. The smallest absolute Gasteiger partial charge is 0.224 e. The number of aryl methyl sites for hydroxylation is 1. The molecular formula is C12H17NO3. The first-order valence-electron chi connectivity index (χ1n) is 5.18. The van der Waals surface area contributed by atoms with E-state index in [9.17, 15) is 4.79 Å². The number of amides is 1. The zero-order chi connectivity index (χ0) is 12.0. The molecule has 0 aliphatic carbocycles. The Balaban J connectivity index is 2.63. The highest BCUT2D eigenvalue weighted by Gasteiger charge is 2.05. The Morgan fingerprint density at radius 2 is 2.25 bits per heavy atom. The minimum absolute atomic E-state index is 0.0387. The van der Waals surface area contributed by atoms with E-state index in [2.05, 4.69) is 5.32 Å². The predicted octanol–water partition coefficient (Wildman–Crippen LogP) is 0.655. The number of aliphatic hydroxyl groups is 1. The number of aliphatic hydroxyl groups excluding tert-OH is 1. The van der Waals surface area contributed by atoms with Crippen molar-refractivity contribution in [3.63, 3.8) is 0 Å². The molecule has 0 radical (unpaired) electrons. The van der Waals surface area contributed by atoms with Gasteiger partial charge in [-0.15, -0.1) is 0 Å². The van der Waals surface area contributed by atoms with Crippen LogP contribution in [0, 0.1) is 6.92 Å². The number of carbonyl (C=O) groups is 1. The van der Waals surface area contributed by atoms with Gasteiger partial charge in [0.1, 0.15) is 5.75 Å². The first-order chi connectivity index (χ1) is 7.67. The third-order valence-electron chi connectivity index (χ3n) is 2.27. The SMILES string of the molecule is COc1cc(CC(=O)NCCO)ccc1C. The first kappa shape index (κ1) is 12.5. The zero-order valence-electron chi connectivity index (χ0n) is 9.62. The van der Waals surface area contributed by atoms with E-state index in [1.165, 1.54) is 0 Å². The van der Waals surface area contributed by atoms with Crippen LogP contribution in [0.1, 0.15) is 11.1 Å². The van der Waals surface area contributed by atoms with Crippen molar-refractivity contribution in [3.8, 4) is 5.75 Å². The standard InChI is InChI=1S/C12H17NO3/c1-9-3-4-10(7-11(9)16-2)8-12(15)13-5-6-14/h3-4,7,14H,5-6,8H2,1-2H3,(H,13,15). The Morgan fingerprint density at radius 1 is 1.50 bits per heavy atom. The molecule has 88 valence electrons. The molecule has 0 spiro atoms. The van der Waals surface area contributed by atoms with Gasteiger partial charge in [0.25, 0.3) is 0 Å². The summed E-state index contributed by atoms with van der Waals surface area (Å²) >= 11 is 0. The fourth-order valence-corrected chi connectivity index (χ4v) is 1.42. The van der Waals surface area contributed by atoms with E-state index < -0.39 is 0 Å².